The molecule has 1 atom stereocenters. The Hall–Kier alpha value is -1.68. The van der Waals surface area contributed by atoms with E-state index in [4.69, 9.17) is 25.8 Å². The van der Waals surface area contributed by atoms with E-state index in [0.29, 0.717) is 23.7 Å². The van der Waals surface area contributed by atoms with Crippen molar-refractivity contribution in [3.8, 4) is 11.5 Å². The Morgan fingerprint density at radius 1 is 1.42 bits per heavy atom. The molecule has 1 aliphatic heterocycles. The van der Waals surface area contributed by atoms with Gasteiger partial charge >= 0.3 is 5.97 Å². The number of allylic oxidation sites excluding steroid dienone is 1. The first-order valence-electron chi connectivity index (χ1n) is 6.09. The summed E-state index contributed by atoms with van der Waals surface area (Å²) in [5.41, 5.74) is 3.13. The molecule has 1 aromatic rings. The Kier molecular flexibility index (Phi) is 2.90. The molecule has 1 aromatic carbocycles. The Morgan fingerprint density at radius 2 is 2.11 bits per heavy atom. The predicted molar refractivity (Wildman–Crippen MR) is 70.4 cm³/mol. The number of fused-ring (bicyclic) bond motifs is 2. The van der Waals surface area contributed by atoms with Crippen LogP contribution in [0.25, 0.3) is 5.57 Å². The molecule has 100 valence electrons. The molecular formula is C14H13ClO4. The second kappa shape index (κ2) is 4.46. The molecule has 0 radical (unpaired) electrons. The maximum absolute atomic E-state index is 12.0. The average molecular weight is 281 g/mol. The molecule has 0 aromatic heterocycles. The van der Waals surface area contributed by atoms with Crippen LogP contribution in [0.3, 0.4) is 0 Å². The van der Waals surface area contributed by atoms with E-state index in [0.717, 1.165) is 16.7 Å². The van der Waals surface area contributed by atoms with Crippen LogP contribution in [-0.4, -0.2) is 19.4 Å². The zero-order valence-corrected chi connectivity index (χ0v) is 11.4. The van der Waals surface area contributed by atoms with Gasteiger partial charge in [-0.3, -0.25) is 0 Å². The SMILES string of the molecule is CCOC(=O)C1=C(C)c2cc3c(cc2[C@H]1Cl)OCO3. The summed E-state index contributed by atoms with van der Waals surface area (Å²) in [6.45, 7) is 4.20. The molecule has 2 aliphatic rings. The van der Waals surface area contributed by atoms with Gasteiger partial charge in [0.1, 0.15) is 0 Å². The van der Waals surface area contributed by atoms with Gasteiger partial charge in [0.15, 0.2) is 11.5 Å². The summed E-state index contributed by atoms with van der Waals surface area (Å²) >= 11 is 6.38. The Labute approximate surface area is 115 Å². The molecule has 4 nitrogen and oxygen atoms in total. The minimum atomic E-state index is -0.497. The first-order chi connectivity index (χ1) is 9.13. The number of benzene rings is 1. The Morgan fingerprint density at radius 3 is 2.79 bits per heavy atom. The lowest BCUT2D eigenvalue weighted by Crippen LogP contribution is -2.10. The second-order valence-corrected chi connectivity index (χ2v) is 4.85. The van der Waals surface area contributed by atoms with Gasteiger partial charge in [-0.1, -0.05) is 0 Å². The van der Waals surface area contributed by atoms with Gasteiger partial charge in [0, 0.05) is 0 Å². The van der Waals surface area contributed by atoms with E-state index in [2.05, 4.69) is 0 Å². The van der Waals surface area contributed by atoms with Crippen LogP contribution in [0.4, 0.5) is 0 Å². The summed E-state index contributed by atoms with van der Waals surface area (Å²) in [6.07, 6.45) is 0. The number of alkyl halides is 1. The first-order valence-corrected chi connectivity index (χ1v) is 6.53. The molecular weight excluding hydrogens is 268 g/mol. The van der Waals surface area contributed by atoms with Crippen LogP contribution in [0.1, 0.15) is 30.4 Å². The highest BCUT2D eigenvalue weighted by molar-refractivity contribution is 6.28. The second-order valence-electron chi connectivity index (χ2n) is 4.41. The zero-order chi connectivity index (χ0) is 13.6. The smallest absolute Gasteiger partial charge is 0.336 e. The van der Waals surface area contributed by atoms with Crippen molar-refractivity contribution in [3.05, 3.63) is 28.8 Å². The maximum atomic E-state index is 12.0. The fourth-order valence-corrected chi connectivity index (χ4v) is 2.88. The fraction of sp³-hybridized carbons (Fsp3) is 0.357. The summed E-state index contributed by atoms with van der Waals surface area (Å²) in [5.74, 6) is 0.993. The molecule has 0 fully saturated rings. The minimum absolute atomic E-state index is 0.221. The van der Waals surface area contributed by atoms with E-state index in [1.165, 1.54) is 0 Å². The van der Waals surface area contributed by atoms with Crippen LogP contribution >= 0.6 is 11.6 Å². The van der Waals surface area contributed by atoms with Crippen LogP contribution in [0.15, 0.2) is 17.7 Å². The number of carbonyl (C=O) groups excluding carboxylic acids is 1. The van der Waals surface area contributed by atoms with Crippen molar-refractivity contribution in [3.63, 3.8) is 0 Å². The Balaban J connectivity index is 2.07. The van der Waals surface area contributed by atoms with Gasteiger partial charge in [0.2, 0.25) is 6.79 Å². The predicted octanol–water partition coefficient (Wildman–Crippen LogP) is 3.05. The van der Waals surface area contributed by atoms with Crippen molar-refractivity contribution < 1.29 is 19.0 Å². The fourth-order valence-electron chi connectivity index (χ4n) is 2.45. The maximum Gasteiger partial charge on any atom is 0.336 e. The number of hydrogen-bond acceptors (Lipinski definition) is 4. The van der Waals surface area contributed by atoms with Crippen molar-refractivity contribution in [1.29, 1.82) is 0 Å². The van der Waals surface area contributed by atoms with Crippen molar-refractivity contribution in [2.75, 3.05) is 13.4 Å². The van der Waals surface area contributed by atoms with Crippen molar-refractivity contribution in [2.45, 2.75) is 19.2 Å². The van der Waals surface area contributed by atoms with Gasteiger partial charge in [0.25, 0.3) is 0 Å². The molecule has 1 aliphatic carbocycles. The van der Waals surface area contributed by atoms with Crippen LogP contribution in [0.5, 0.6) is 11.5 Å². The molecule has 19 heavy (non-hydrogen) atoms. The van der Waals surface area contributed by atoms with Crippen LogP contribution in [0, 0.1) is 0 Å². The number of rotatable bonds is 2. The number of ether oxygens (including phenoxy) is 3. The highest BCUT2D eigenvalue weighted by Crippen LogP contribution is 2.49. The molecule has 5 heteroatoms. The first kappa shape index (κ1) is 12.4. The van der Waals surface area contributed by atoms with E-state index < -0.39 is 5.38 Å². The molecule has 0 saturated heterocycles. The zero-order valence-electron chi connectivity index (χ0n) is 10.7. The van der Waals surface area contributed by atoms with Gasteiger partial charge < -0.3 is 14.2 Å². The van der Waals surface area contributed by atoms with E-state index in [-0.39, 0.29) is 12.8 Å². The summed E-state index contributed by atoms with van der Waals surface area (Å²) in [6, 6.07) is 3.71. The number of halogens is 1. The third-order valence-corrected chi connectivity index (χ3v) is 3.83. The number of esters is 1. The van der Waals surface area contributed by atoms with Gasteiger partial charge in [-0.15, -0.1) is 11.6 Å². The van der Waals surface area contributed by atoms with Gasteiger partial charge in [-0.25, -0.2) is 4.79 Å². The normalized spacial score (nSPS) is 19.6. The van der Waals surface area contributed by atoms with E-state index >= 15 is 0 Å². The molecule has 0 bridgehead atoms. The molecule has 0 unspecified atom stereocenters. The highest BCUT2D eigenvalue weighted by atomic mass is 35.5. The van der Waals surface area contributed by atoms with Gasteiger partial charge in [-0.2, -0.15) is 0 Å². The molecule has 0 spiro atoms. The number of carbonyl (C=O) groups is 1. The van der Waals surface area contributed by atoms with E-state index in [9.17, 15) is 4.79 Å². The third kappa shape index (κ3) is 1.78. The Bertz CT molecular complexity index is 591. The van der Waals surface area contributed by atoms with Crippen LogP contribution in [0.2, 0.25) is 0 Å². The number of hydrogen-bond donors (Lipinski definition) is 0. The standard InChI is InChI=1S/C14H13ClO4/c1-3-17-14(16)12-7(2)8-4-10-11(19-6-18-10)5-9(8)13(12)15/h4-5,13H,3,6H2,1-2H3/t13-/m1/s1. The van der Waals surface area contributed by atoms with Gasteiger partial charge in [0.05, 0.1) is 17.6 Å². The summed E-state index contributed by atoms with van der Waals surface area (Å²) in [5, 5.41) is -0.497. The third-order valence-electron chi connectivity index (χ3n) is 3.37. The summed E-state index contributed by atoms with van der Waals surface area (Å²) in [7, 11) is 0. The topological polar surface area (TPSA) is 44.8 Å². The molecule has 0 N–H and O–H groups in total. The lowest BCUT2D eigenvalue weighted by Gasteiger charge is -2.08. The molecule has 1 heterocycles. The van der Waals surface area contributed by atoms with E-state index in [1.54, 1.807) is 6.92 Å². The largest absolute Gasteiger partial charge is 0.463 e. The molecule has 0 amide bonds. The molecule has 3 rings (SSSR count). The van der Waals surface area contributed by atoms with Crippen molar-refractivity contribution in [1.82, 2.24) is 0 Å². The average Bonchev–Trinajstić information content (AvgIpc) is 2.92. The van der Waals surface area contributed by atoms with Crippen molar-refractivity contribution >= 4 is 23.1 Å². The quantitative estimate of drug-likeness (QED) is 0.617. The minimum Gasteiger partial charge on any atom is -0.463 e. The summed E-state index contributed by atoms with van der Waals surface area (Å²) in [4.78, 5) is 12.0. The molecule has 0 saturated carbocycles. The van der Waals surface area contributed by atoms with Crippen LogP contribution < -0.4 is 9.47 Å². The van der Waals surface area contributed by atoms with Crippen LogP contribution in [-0.2, 0) is 9.53 Å². The lowest BCUT2D eigenvalue weighted by molar-refractivity contribution is -0.138. The van der Waals surface area contributed by atoms with E-state index in [1.807, 2.05) is 19.1 Å². The summed E-state index contributed by atoms with van der Waals surface area (Å²) < 4.78 is 15.7. The van der Waals surface area contributed by atoms with Crippen molar-refractivity contribution in [2.24, 2.45) is 0 Å². The monoisotopic (exact) mass is 280 g/mol. The highest BCUT2D eigenvalue weighted by Gasteiger charge is 2.35. The lowest BCUT2D eigenvalue weighted by atomic mass is 10.1. The van der Waals surface area contributed by atoms with Gasteiger partial charge in [-0.05, 0) is 42.7 Å².